The number of aromatic carboxylic acids is 1. The molecule has 0 saturated heterocycles. The van der Waals surface area contributed by atoms with Crippen LogP contribution in [-0.2, 0) is 0 Å². The zero-order valence-corrected chi connectivity index (χ0v) is 10.7. The van der Waals surface area contributed by atoms with Gasteiger partial charge in [-0.15, -0.1) is 0 Å². The van der Waals surface area contributed by atoms with Crippen molar-refractivity contribution < 1.29 is 19.0 Å². The van der Waals surface area contributed by atoms with Crippen molar-refractivity contribution in [3.8, 4) is 10.8 Å². The standard InChI is InChI=1S/C11H6BrFO3S/c12-7-5-6(13)1-2-8(7)16-10-4-3-9(17-10)11(14)15/h1-5H,(H,14,15). The van der Waals surface area contributed by atoms with Gasteiger partial charge in [-0.3, -0.25) is 0 Å². The number of benzene rings is 1. The number of carboxylic acids is 1. The van der Waals surface area contributed by atoms with Crippen LogP contribution in [0.3, 0.4) is 0 Å². The van der Waals surface area contributed by atoms with Crippen molar-refractivity contribution in [1.82, 2.24) is 0 Å². The summed E-state index contributed by atoms with van der Waals surface area (Å²) in [4.78, 5) is 10.9. The molecule has 1 heterocycles. The topological polar surface area (TPSA) is 46.5 Å². The van der Waals surface area contributed by atoms with E-state index < -0.39 is 5.97 Å². The minimum Gasteiger partial charge on any atom is -0.477 e. The lowest BCUT2D eigenvalue weighted by Crippen LogP contribution is -1.89. The number of carboxylic acid groups (broad SMARTS) is 1. The highest BCUT2D eigenvalue weighted by Gasteiger charge is 2.10. The Morgan fingerprint density at radius 2 is 2.12 bits per heavy atom. The molecule has 0 aliphatic heterocycles. The van der Waals surface area contributed by atoms with E-state index in [1.807, 2.05) is 0 Å². The Kier molecular flexibility index (Phi) is 3.44. The van der Waals surface area contributed by atoms with Crippen LogP contribution in [0.15, 0.2) is 34.8 Å². The molecule has 3 nitrogen and oxygen atoms in total. The zero-order valence-electron chi connectivity index (χ0n) is 8.31. The van der Waals surface area contributed by atoms with Crippen LogP contribution in [0.25, 0.3) is 0 Å². The fourth-order valence-electron chi connectivity index (χ4n) is 1.16. The van der Waals surface area contributed by atoms with Gasteiger partial charge in [0.05, 0.1) is 4.47 Å². The Bertz CT molecular complexity index is 568. The van der Waals surface area contributed by atoms with E-state index in [-0.39, 0.29) is 10.7 Å². The highest BCUT2D eigenvalue weighted by atomic mass is 79.9. The first kappa shape index (κ1) is 12.1. The van der Waals surface area contributed by atoms with E-state index in [1.165, 1.54) is 24.3 Å². The van der Waals surface area contributed by atoms with E-state index in [0.29, 0.717) is 15.3 Å². The van der Waals surface area contributed by atoms with Crippen LogP contribution >= 0.6 is 27.3 Å². The van der Waals surface area contributed by atoms with Gasteiger partial charge >= 0.3 is 5.97 Å². The van der Waals surface area contributed by atoms with E-state index in [9.17, 15) is 9.18 Å². The maximum absolute atomic E-state index is 12.8. The van der Waals surface area contributed by atoms with Crippen molar-refractivity contribution in [1.29, 1.82) is 0 Å². The highest BCUT2D eigenvalue weighted by molar-refractivity contribution is 9.10. The smallest absolute Gasteiger partial charge is 0.345 e. The van der Waals surface area contributed by atoms with Gasteiger partial charge in [0.2, 0.25) is 0 Å². The van der Waals surface area contributed by atoms with Gasteiger partial charge in [0.1, 0.15) is 16.4 Å². The molecule has 1 aromatic carbocycles. The third-order valence-electron chi connectivity index (χ3n) is 1.90. The summed E-state index contributed by atoms with van der Waals surface area (Å²) >= 11 is 4.18. The molecule has 0 aliphatic rings. The van der Waals surface area contributed by atoms with Gasteiger partial charge in [-0.05, 0) is 46.3 Å². The molecule has 0 saturated carbocycles. The highest BCUT2D eigenvalue weighted by Crippen LogP contribution is 2.34. The maximum Gasteiger partial charge on any atom is 0.345 e. The molecule has 2 aromatic rings. The van der Waals surface area contributed by atoms with Crippen molar-refractivity contribution in [2.75, 3.05) is 0 Å². The summed E-state index contributed by atoms with van der Waals surface area (Å²) in [5.41, 5.74) is 0. The van der Waals surface area contributed by atoms with Gasteiger partial charge in [0, 0.05) is 0 Å². The molecular weight excluding hydrogens is 311 g/mol. The average Bonchev–Trinajstić information content (AvgIpc) is 2.71. The number of carbonyl (C=O) groups is 1. The fourth-order valence-corrected chi connectivity index (χ4v) is 2.30. The molecule has 0 atom stereocenters. The van der Waals surface area contributed by atoms with Crippen molar-refractivity contribution in [2.45, 2.75) is 0 Å². The molecule has 0 fully saturated rings. The second-order valence-corrected chi connectivity index (χ2v) is 5.00. The first-order valence-electron chi connectivity index (χ1n) is 4.52. The molecule has 0 bridgehead atoms. The van der Waals surface area contributed by atoms with Gasteiger partial charge in [-0.2, -0.15) is 0 Å². The molecule has 17 heavy (non-hydrogen) atoms. The third kappa shape index (κ3) is 2.83. The van der Waals surface area contributed by atoms with Crippen LogP contribution in [-0.4, -0.2) is 11.1 Å². The van der Waals surface area contributed by atoms with Crippen molar-refractivity contribution in [2.24, 2.45) is 0 Å². The largest absolute Gasteiger partial charge is 0.477 e. The van der Waals surface area contributed by atoms with Gasteiger partial charge in [0.15, 0.2) is 5.06 Å². The van der Waals surface area contributed by atoms with E-state index >= 15 is 0 Å². The minimum atomic E-state index is -0.997. The maximum atomic E-state index is 12.8. The molecule has 88 valence electrons. The monoisotopic (exact) mass is 316 g/mol. The van der Waals surface area contributed by atoms with Crippen LogP contribution in [0.2, 0.25) is 0 Å². The minimum absolute atomic E-state index is 0.193. The lowest BCUT2D eigenvalue weighted by atomic mass is 10.3. The molecular formula is C11H6BrFO3S. The van der Waals surface area contributed by atoms with Crippen LogP contribution in [0.1, 0.15) is 9.67 Å². The Balaban J connectivity index is 2.22. The van der Waals surface area contributed by atoms with E-state index in [4.69, 9.17) is 9.84 Å². The van der Waals surface area contributed by atoms with E-state index in [0.717, 1.165) is 11.3 Å². The first-order valence-corrected chi connectivity index (χ1v) is 6.13. The molecule has 1 aromatic heterocycles. The van der Waals surface area contributed by atoms with Crippen molar-refractivity contribution in [3.63, 3.8) is 0 Å². The number of hydrogen-bond donors (Lipinski definition) is 1. The predicted molar refractivity (Wildman–Crippen MR) is 65.5 cm³/mol. The summed E-state index contributed by atoms with van der Waals surface area (Å²) < 4.78 is 18.7. The summed E-state index contributed by atoms with van der Waals surface area (Å²) in [6.07, 6.45) is 0. The fraction of sp³-hybridized carbons (Fsp3) is 0. The quantitative estimate of drug-likeness (QED) is 0.925. The zero-order chi connectivity index (χ0) is 12.4. The summed E-state index contributed by atoms with van der Waals surface area (Å²) in [5, 5.41) is 9.19. The average molecular weight is 317 g/mol. The van der Waals surface area contributed by atoms with Crippen LogP contribution in [0.5, 0.6) is 10.8 Å². The second kappa shape index (κ2) is 4.85. The molecule has 0 radical (unpaired) electrons. The molecule has 1 N–H and O–H groups in total. The molecule has 0 spiro atoms. The molecule has 6 heteroatoms. The van der Waals surface area contributed by atoms with Gasteiger partial charge in [-0.25, -0.2) is 9.18 Å². The number of ether oxygens (including phenoxy) is 1. The third-order valence-corrected chi connectivity index (χ3v) is 3.47. The number of halogens is 2. The Morgan fingerprint density at radius 3 is 2.71 bits per heavy atom. The van der Waals surface area contributed by atoms with E-state index in [2.05, 4.69) is 15.9 Å². The van der Waals surface area contributed by atoms with Crippen LogP contribution in [0.4, 0.5) is 4.39 Å². The lowest BCUT2D eigenvalue weighted by Gasteiger charge is -2.04. The number of rotatable bonds is 3. The summed E-state index contributed by atoms with van der Waals surface area (Å²) in [6, 6.07) is 7.04. The summed E-state index contributed by atoms with van der Waals surface area (Å²) in [5.74, 6) is -0.935. The van der Waals surface area contributed by atoms with Crippen molar-refractivity contribution in [3.05, 3.63) is 45.5 Å². The van der Waals surface area contributed by atoms with Gasteiger partial charge in [0.25, 0.3) is 0 Å². The second-order valence-electron chi connectivity index (χ2n) is 3.10. The van der Waals surface area contributed by atoms with Crippen LogP contribution in [0, 0.1) is 5.82 Å². The lowest BCUT2D eigenvalue weighted by molar-refractivity contribution is 0.0702. The SMILES string of the molecule is O=C(O)c1ccc(Oc2ccc(F)cc2Br)s1. The summed E-state index contributed by atoms with van der Waals surface area (Å²) in [6.45, 7) is 0. The van der Waals surface area contributed by atoms with Gasteiger partial charge < -0.3 is 9.84 Å². The van der Waals surface area contributed by atoms with Crippen LogP contribution < -0.4 is 4.74 Å². The molecule has 0 aliphatic carbocycles. The van der Waals surface area contributed by atoms with Crippen molar-refractivity contribution >= 4 is 33.2 Å². The Labute approximate surface area is 109 Å². The predicted octanol–water partition coefficient (Wildman–Crippen LogP) is 4.14. The first-order chi connectivity index (χ1) is 8.06. The Morgan fingerprint density at radius 1 is 1.35 bits per heavy atom. The number of thiophene rings is 1. The normalized spacial score (nSPS) is 10.2. The van der Waals surface area contributed by atoms with E-state index in [1.54, 1.807) is 6.07 Å². The molecule has 2 rings (SSSR count). The Hall–Kier alpha value is -1.40. The molecule has 0 amide bonds. The van der Waals surface area contributed by atoms with Gasteiger partial charge in [-0.1, -0.05) is 11.3 Å². The summed E-state index contributed by atoms with van der Waals surface area (Å²) in [7, 11) is 0. The molecule has 0 unspecified atom stereocenters. The number of hydrogen-bond acceptors (Lipinski definition) is 3.